The van der Waals surface area contributed by atoms with Crippen LogP contribution in [0.4, 0.5) is 0 Å². The van der Waals surface area contributed by atoms with E-state index < -0.39 is 0 Å². The molecular formula is C12H21NO. The van der Waals surface area contributed by atoms with E-state index in [0.29, 0.717) is 5.60 Å². The van der Waals surface area contributed by atoms with Crippen LogP contribution >= 0.6 is 0 Å². The Labute approximate surface area is 86.4 Å². The van der Waals surface area contributed by atoms with Crippen LogP contribution in [0.3, 0.4) is 0 Å². The molecule has 1 unspecified atom stereocenters. The second-order valence-corrected chi connectivity index (χ2v) is 5.43. The summed E-state index contributed by atoms with van der Waals surface area (Å²) in [4.78, 5) is 0. The van der Waals surface area contributed by atoms with Gasteiger partial charge in [-0.2, -0.15) is 0 Å². The van der Waals surface area contributed by atoms with Gasteiger partial charge in [0.15, 0.2) is 0 Å². The van der Waals surface area contributed by atoms with Crippen molar-refractivity contribution < 1.29 is 4.74 Å². The molecule has 1 atom stereocenters. The van der Waals surface area contributed by atoms with Gasteiger partial charge in [-0.05, 0) is 57.4 Å². The highest BCUT2D eigenvalue weighted by molar-refractivity contribution is 4.96. The molecule has 0 radical (unpaired) electrons. The first-order valence-electron chi connectivity index (χ1n) is 6.24. The van der Waals surface area contributed by atoms with Crippen molar-refractivity contribution in [2.45, 2.75) is 56.6 Å². The van der Waals surface area contributed by atoms with E-state index in [0.717, 1.165) is 18.6 Å². The fourth-order valence-corrected chi connectivity index (χ4v) is 2.78. The van der Waals surface area contributed by atoms with Gasteiger partial charge in [-0.3, -0.25) is 0 Å². The third kappa shape index (κ3) is 1.82. The molecule has 0 aromatic carbocycles. The Morgan fingerprint density at radius 3 is 2.71 bits per heavy atom. The van der Waals surface area contributed by atoms with Gasteiger partial charge in [0.1, 0.15) is 0 Å². The zero-order valence-corrected chi connectivity index (χ0v) is 8.93. The summed E-state index contributed by atoms with van der Waals surface area (Å²) in [6, 6.07) is 0.754. The van der Waals surface area contributed by atoms with Crippen LogP contribution in [-0.2, 0) is 4.74 Å². The molecule has 2 saturated carbocycles. The summed E-state index contributed by atoms with van der Waals surface area (Å²) in [6.07, 6.45) is 9.44. The predicted octanol–water partition coefficient (Wildman–Crippen LogP) is 2.09. The van der Waals surface area contributed by atoms with Crippen molar-refractivity contribution in [3.05, 3.63) is 0 Å². The molecule has 0 amide bonds. The Kier molecular flexibility index (Phi) is 2.29. The van der Waals surface area contributed by atoms with E-state index in [2.05, 4.69) is 5.32 Å². The maximum Gasteiger partial charge on any atom is 0.0697 e. The minimum absolute atomic E-state index is 0.319. The molecule has 2 heteroatoms. The third-order valence-electron chi connectivity index (χ3n) is 4.15. The highest BCUT2D eigenvalue weighted by Crippen LogP contribution is 2.42. The summed E-state index contributed by atoms with van der Waals surface area (Å²) in [5.74, 6) is 1.01. The van der Waals surface area contributed by atoms with E-state index >= 15 is 0 Å². The first-order valence-corrected chi connectivity index (χ1v) is 6.24. The van der Waals surface area contributed by atoms with E-state index in [4.69, 9.17) is 4.74 Å². The molecule has 0 aromatic rings. The first-order chi connectivity index (χ1) is 6.86. The van der Waals surface area contributed by atoms with E-state index in [-0.39, 0.29) is 0 Å². The lowest BCUT2D eigenvalue weighted by Gasteiger charge is -2.47. The van der Waals surface area contributed by atoms with Crippen molar-refractivity contribution in [1.29, 1.82) is 0 Å². The Morgan fingerprint density at radius 2 is 2.07 bits per heavy atom. The molecule has 1 aliphatic heterocycles. The molecule has 3 fully saturated rings. The molecule has 1 spiro atoms. The molecule has 14 heavy (non-hydrogen) atoms. The average molecular weight is 195 g/mol. The van der Waals surface area contributed by atoms with E-state index in [9.17, 15) is 0 Å². The van der Waals surface area contributed by atoms with Crippen LogP contribution in [0.2, 0.25) is 0 Å². The first kappa shape index (κ1) is 9.17. The molecule has 3 aliphatic rings. The molecule has 0 aromatic heterocycles. The standard InChI is InChI=1S/C12H21NO/c1-5-12(6-1)8-11(4-7-14-12)13-9-10-2-3-10/h10-11,13H,1-9H2. The summed E-state index contributed by atoms with van der Waals surface area (Å²) in [5, 5.41) is 3.73. The van der Waals surface area contributed by atoms with Gasteiger partial charge < -0.3 is 10.1 Å². The SMILES string of the molecule is C1CC2(C1)CC(NCC1CC1)CCO2. The van der Waals surface area contributed by atoms with Crippen molar-refractivity contribution in [2.75, 3.05) is 13.2 Å². The fourth-order valence-electron chi connectivity index (χ4n) is 2.78. The monoisotopic (exact) mass is 195 g/mol. The van der Waals surface area contributed by atoms with E-state index in [1.165, 1.54) is 51.5 Å². The fraction of sp³-hybridized carbons (Fsp3) is 1.00. The third-order valence-corrected chi connectivity index (χ3v) is 4.15. The lowest BCUT2D eigenvalue weighted by atomic mass is 9.74. The average Bonchev–Trinajstić information content (AvgIpc) is 2.96. The second-order valence-electron chi connectivity index (χ2n) is 5.43. The molecule has 1 saturated heterocycles. The predicted molar refractivity (Wildman–Crippen MR) is 56.3 cm³/mol. The highest BCUT2D eigenvalue weighted by atomic mass is 16.5. The number of hydrogen-bond acceptors (Lipinski definition) is 2. The van der Waals surface area contributed by atoms with Gasteiger partial charge in [0.2, 0.25) is 0 Å². The number of rotatable bonds is 3. The van der Waals surface area contributed by atoms with Crippen molar-refractivity contribution in [3.63, 3.8) is 0 Å². The minimum atomic E-state index is 0.319. The van der Waals surface area contributed by atoms with Crippen LogP contribution in [0.15, 0.2) is 0 Å². The van der Waals surface area contributed by atoms with E-state index in [1.807, 2.05) is 0 Å². The quantitative estimate of drug-likeness (QED) is 0.744. The summed E-state index contributed by atoms with van der Waals surface area (Å²) in [6.45, 7) is 2.25. The molecule has 1 N–H and O–H groups in total. The normalized spacial score (nSPS) is 35.6. The molecular weight excluding hydrogens is 174 g/mol. The van der Waals surface area contributed by atoms with Crippen molar-refractivity contribution in [1.82, 2.24) is 5.32 Å². The Balaban J connectivity index is 1.48. The molecule has 3 rings (SSSR count). The number of hydrogen-bond donors (Lipinski definition) is 1. The lowest BCUT2D eigenvalue weighted by molar-refractivity contribution is -0.135. The van der Waals surface area contributed by atoms with Crippen molar-refractivity contribution in [3.8, 4) is 0 Å². The highest BCUT2D eigenvalue weighted by Gasteiger charge is 2.42. The van der Waals surface area contributed by atoms with Gasteiger partial charge in [-0.1, -0.05) is 0 Å². The summed E-state index contributed by atoms with van der Waals surface area (Å²) < 4.78 is 5.91. The van der Waals surface area contributed by atoms with Gasteiger partial charge in [0, 0.05) is 12.6 Å². The summed E-state index contributed by atoms with van der Waals surface area (Å²) >= 11 is 0. The van der Waals surface area contributed by atoms with Gasteiger partial charge in [0.25, 0.3) is 0 Å². The van der Waals surface area contributed by atoms with Crippen LogP contribution in [-0.4, -0.2) is 24.8 Å². The van der Waals surface area contributed by atoms with Crippen molar-refractivity contribution >= 4 is 0 Å². The van der Waals surface area contributed by atoms with E-state index in [1.54, 1.807) is 0 Å². The zero-order chi connectivity index (χ0) is 9.43. The van der Waals surface area contributed by atoms with Crippen LogP contribution in [0.25, 0.3) is 0 Å². The lowest BCUT2D eigenvalue weighted by Crippen LogP contribution is -2.51. The van der Waals surface area contributed by atoms with Crippen LogP contribution in [0, 0.1) is 5.92 Å². The van der Waals surface area contributed by atoms with Crippen molar-refractivity contribution in [2.24, 2.45) is 5.92 Å². The molecule has 0 bridgehead atoms. The zero-order valence-electron chi connectivity index (χ0n) is 8.93. The van der Waals surface area contributed by atoms with Gasteiger partial charge in [0.05, 0.1) is 5.60 Å². The van der Waals surface area contributed by atoms with Crippen LogP contribution in [0.1, 0.15) is 44.9 Å². The topological polar surface area (TPSA) is 21.3 Å². The summed E-state index contributed by atoms with van der Waals surface area (Å²) in [7, 11) is 0. The molecule has 2 nitrogen and oxygen atoms in total. The second kappa shape index (κ2) is 3.49. The smallest absolute Gasteiger partial charge is 0.0697 e. The largest absolute Gasteiger partial charge is 0.375 e. The Morgan fingerprint density at radius 1 is 1.21 bits per heavy atom. The minimum Gasteiger partial charge on any atom is -0.375 e. The van der Waals surface area contributed by atoms with Gasteiger partial charge >= 0.3 is 0 Å². The molecule has 1 heterocycles. The number of nitrogens with one attached hydrogen (secondary N) is 1. The van der Waals surface area contributed by atoms with Gasteiger partial charge in [-0.15, -0.1) is 0 Å². The van der Waals surface area contributed by atoms with Crippen LogP contribution in [0.5, 0.6) is 0 Å². The number of ether oxygens (including phenoxy) is 1. The summed E-state index contributed by atoms with van der Waals surface area (Å²) in [5.41, 5.74) is 0.319. The molecule has 2 aliphatic carbocycles. The Hall–Kier alpha value is -0.0800. The Bertz CT molecular complexity index is 208. The van der Waals surface area contributed by atoms with Gasteiger partial charge in [-0.25, -0.2) is 0 Å². The van der Waals surface area contributed by atoms with Crippen LogP contribution < -0.4 is 5.32 Å². The maximum absolute atomic E-state index is 5.91. The molecule has 80 valence electrons. The maximum atomic E-state index is 5.91.